The summed E-state index contributed by atoms with van der Waals surface area (Å²) in [6.45, 7) is 4.55. The van der Waals surface area contributed by atoms with Crippen LogP contribution in [0.5, 0.6) is 0 Å². The van der Waals surface area contributed by atoms with Crippen molar-refractivity contribution in [3.63, 3.8) is 0 Å². The number of benzene rings is 1. The van der Waals surface area contributed by atoms with Gasteiger partial charge < -0.3 is 9.84 Å². The molecule has 7 heteroatoms. The Hall–Kier alpha value is -1.89. The predicted molar refractivity (Wildman–Crippen MR) is 71.3 cm³/mol. The van der Waals surface area contributed by atoms with Crippen LogP contribution in [-0.4, -0.2) is 16.2 Å². The van der Waals surface area contributed by atoms with E-state index in [0.717, 1.165) is 18.6 Å². The Morgan fingerprint density at radius 3 is 2.48 bits per heavy atom. The molecule has 0 radical (unpaired) electrons. The van der Waals surface area contributed by atoms with Crippen molar-refractivity contribution in [2.75, 3.05) is 0 Å². The third-order valence-corrected chi connectivity index (χ3v) is 3.15. The summed E-state index contributed by atoms with van der Waals surface area (Å²) in [5.74, 6) is 0.690. The van der Waals surface area contributed by atoms with Crippen LogP contribution in [0.15, 0.2) is 28.8 Å². The first-order valence-corrected chi connectivity index (χ1v) is 6.63. The van der Waals surface area contributed by atoms with E-state index in [2.05, 4.69) is 22.4 Å². The summed E-state index contributed by atoms with van der Waals surface area (Å²) < 4.78 is 42.5. The number of halogens is 3. The molecule has 1 heterocycles. The molecule has 0 bridgehead atoms. The molecule has 0 amide bonds. The molecule has 1 atom stereocenters. The van der Waals surface area contributed by atoms with Crippen LogP contribution in [0.4, 0.5) is 13.2 Å². The van der Waals surface area contributed by atoms with Crippen LogP contribution in [0.1, 0.15) is 31.7 Å². The smallest absolute Gasteiger partial charge is 0.334 e. The number of hydrogen-bond acceptors (Lipinski definition) is 4. The topological polar surface area (TPSA) is 51.0 Å². The van der Waals surface area contributed by atoms with Crippen molar-refractivity contribution < 1.29 is 17.7 Å². The van der Waals surface area contributed by atoms with Crippen LogP contribution < -0.4 is 5.32 Å². The van der Waals surface area contributed by atoms with Gasteiger partial charge in [0.15, 0.2) is 5.82 Å². The van der Waals surface area contributed by atoms with E-state index in [9.17, 15) is 13.2 Å². The van der Waals surface area contributed by atoms with E-state index in [1.165, 1.54) is 12.1 Å². The summed E-state index contributed by atoms with van der Waals surface area (Å²) in [5, 5.41) is 7.01. The molecule has 0 fully saturated rings. The van der Waals surface area contributed by atoms with E-state index >= 15 is 0 Å². The largest absolute Gasteiger partial charge is 0.416 e. The molecule has 0 spiro atoms. The molecule has 0 saturated carbocycles. The van der Waals surface area contributed by atoms with Gasteiger partial charge in [-0.15, -0.1) is 0 Å². The fraction of sp³-hybridized carbons (Fsp3) is 0.429. The molecule has 21 heavy (non-hydrogen) atoms. The minimum atomic E-state index is -4.35. The van der Waals surface area contributed by atoms with E-state index < -0.39 is 11.7 Å². The zero-order valence-electron chi connectivity index (χ0n) is 11.7. The van der Waals surface area contributed by atoms with Crippen molar-refractivity contribution >= 4 is 0 Å². The van der Waals surface area contributed by atoms with Gasteiger partial charge in [0.2, 0.25) is 0 Å². The molecule has 4 nitrogen and oxygen atoms in total. The van der Waals surface area contributed by atoms with Gasteiger partial charge in [-0.25, -0.2) is 0 Å². The lowest BCUT2D eigenvalue weighted by Crippen LogP contribution is -2.24. The van der Waals surface area contributed by atoms with Gasteiger partial charge in [0.05, 0.1) is 12.1 Å². The van der Waals surface area contributed by atoms with Gasteiger partial charge in [0.1, 0.15) is 0 Å². The fourth-order valence-corrected chi connectivity index (χ4v) is 1.65. The Morgan fingerprint density at radius 1 is 1.24 bits per heavy atom. The van der Waals surface area contributed by atoms with Crippen molar-refractivity contribution in [3.05, 3.63) is 35.7 Å². The number of alkyl halides is 3. The van der Waals surface area contributed by atoms with Crippen LogP contribution in [0.25, 0.3) is 11.5 Å². The molecule has 1 aromatic heterocycles. The molecule has 0 aliphatic rings. The first-order valence-electron chi connectivity index (χ1n) is 6.63. The van der Waals surface area contributed by atoms with E-state index in [4.69, 9.17) is 4.52 Å². The summed E-state index contributed by atoms with van der Waals surface area (Å²) in [6.07, 6.45) is -3.37. The van der Waals surface area contributed by atoms with E-state index in [0.29, 0.717) is 24.0 Å². The normalized spacial score (nSPS) is 13.4. The Morgan fingerprint density at radius 2 is 1.90 bits per heavy atom. The summed E-state index contributed by atoms with van der Waals surface area (Å²) in [7, 11) is 0. The van der Waals surface area contributed by atoms with Gasteiger partial charge in [-0.05, 0) is 37.6 Å². The molecular weight excluding hydrogens is 283 g/mol. The number of rotatable bonds is 5. The Bertz CT molecular complexity index is 578. The van der Waals surface area contributed by atoms with E-state index in [1.54, 1.807) is 0 Å². The average molecular weight is 299 g/mol. The highest BCUT2D eigenvalue weighted by Gasteiger charge is 2.30. The van der Waals surface area contributed by atoms with Gasteiger partial charge in [0.25, 0.3) is 5.89 Å². The lowest BCUT2D eigenvalue weighted by Gasteiger charge is -2.07. The quantitative estimate of drug-likeness (QED) is 0.915. The van der Waals surface area contributed by atoms with Gasteiger partial charge >= 0.3 is 6.18 Å². The molecule has 0 saturated heterocycles. The second-order valence-electron chi connectivity index (χ2n) is 4.78. The van der Waals surface area contributed by atoms with Gasteiger partial charge in [-0.1, -0.05) is 12.1 Å². The molecule has 2 rings (SSSR count). The molecule has 1 aromatic carbocycles. The monoisotopic (exact) mass is 299 g/mol. The number of nitrogens with one attached hydrogen (secondary N) is 1. The lowest BCUT2D eigenvalue weighted by atomic mass is 10.1. The second-order valence-corrected chi connectivity index (χ2v) is 4.78. The maximum atomic E-state index is 12.5. The summed E-state index contributed by atoms with van der Waals surface area (Å²) in [4.78, 5) is 4.16. The molecule has 1 N–H and O–H groups in total. The maximum absolute atomic E-state index is 12.5. The van der Waals surface area contributed by atoms with Crippen molar-refractivity contribution in [3.8, 4) is 11.5 Å². The zero-order chi connectivity index (χ0) is 15.5. The third kappa shape index (κ3) is 4.04. The highest BCUT2D eigenvalue weighted by Crippen LogP contribution is 2.30. The summed E-state index contributed by atoms with van der Waals surface area (Å²) in [6, 6.07) is 4.97. The van der Waals surface area contributed by atoms with Crippen LogP contribution in [0, 0.1) is 0 Å². The second kappa shape index (κ2) is 6.26. The van der Waals surface area contributed by atoms with Crippen LogP contribution >= 0.6 is 0 Å². The van der Waals surface area contributed by atoms with E-state index in [1.807, 2.05) is 6.92 Å². The van der Waals surface area contributed by atoms with Crippen molar-refractivity contribution in [2.45, 2.75) is 39.0 Å². The Balaban J connectivity index is 2.07. The first-order chi connectivity index (χ1) is 9.90. The van der Waals surface area contributed by atoms with Crippen molar-refractivity contribution in [2.24, 2.45) is 0 Å². The minimum absolute atomic E-state index is 0.213. The predicted octanol–water partition coefficient (Wildman–Crippen LogP) is 3.64. The zero-order valence-corrected chi connectivity index (χ0v) is 11.7. The standard InChI is InChI=1S/C14H16F3N3O/c1-3-9(2)18-8-12-19-13(21-20-12)10-4-6-11(7-5-10)14(15,16)17/h4-7,9,18H,3,8H2,1-2H3. The van der Waals surface area contributed by atoms with Crippen molar-refractivity contribution in [1.29, 1.82) is 0 Å². The Kier molecular flexibility index (Phi) is 4.62. The molecule has 1 unspecified atom stereocenters. The highest BCUT2D eigenvalue weighted by molar-refractivity contribution is 5.53. The molecule has 0 aliphatic carbocycles. The fourth-order valence-electron chi connectivity index (χ4n) is 1.65. The molecular formula is C14H16F3N3O. The van der Waals surface area contributed by atoms with Crippen molar-refractivity contribution in [1.82, 2.24) is 15.5 Å². The van der Waals surface area contributed by atoms with Gasteiger partial charge in [0, 0.05) is 11.6 Å². The minimum Gasteiger partial charge on any atom is -0.334 e. The first kappa shape index (κ1) is 15.5. The lowest BCUT2D eigenvalue weighted by molar-refractivity contribution is -0.137. The van der Waals surface area contributed by atoms with Crippen LogP contribution in [0.2, 0.25) is 0 Å². The molecule has 0 aliphatic heterocycles. The average Bonchev–Trinajstić information content (AvgIpc) is 2.93. The number of nitrogens with zero attached hydrogens (tertiary/aromatic N) is 2. The molecule has 114 valence electrons. The number of aromatic nitrogens is 2. The van der Waals surface area contributed by atoms with Gasteiger partial charge in [-0.3, -0.25) is 0 Å². The third-order valence-electron chi connectivity index (χ3n) is 3.15. The van der Waals surface area contributed by atoms with Gasteiger partial charge in [-0.2, -0.15) is 18.2 Å². The van der Waals surface area contributed by atoms with E-state index in [-0.39, 0.29) is 5.89 Å². The summed E-state index contributed by atoms with van der Waals surface area (Å²) in [5.41, 5.74) is -0.241. The summed E-state index contributed by atoms with van der Waals surface area (Å²) >= 11 is 0. The SMILES string of the molecule is CCC(C)NCc1noc(-c2ccc(C(F)(F)F)cc2)n1. The maximum Gasteiger partial charge on any atom is 0.416 e. The molecule has 2 aromatic rings. The Labute approximate surface area is 120 Å². The van der Waals surface area contributed by atoms with Crippen LogP contribution in [0.3, 0.4) is 0 Å². The van der Waals surface area contributed by atoms with Crippen LogP contribution in [-0.2, 0) is 12.7 Å². The number of hydrogen-bond donors (Lipinski definition) is 1. The highest BCUT2D eigenvalue weighted by atomic mass is 19.4.